The summed E-state index contributed by atoms with van der Waals surface area (Å²) in [4.78, 5) is 13.9. The van der Waals surface area contributed by atoms with E-state index in [9.17, 15) is 9.18 Å². The molecule has 1 N–H and O–H groups in total. The maximum atomic E-state index is 13.7. The number of urea groups is 1. The van der Waals surface area contributed by atoms with Gasteiger partial charge in [-0.15, -0.1) is 0 Å². The SMILES string of the molecule is COc1ccc(F)c(CNC(=O)N2CCC(C)(OC)CC2)c1. The lowest BCUT2D eigenvalue weighted by molar-refractivity contribution is -0.0353. The zero-order valence-corrected chi connectivity index (χ0v) is 13.3. The lowest BCUT2D eigenvalue weighted by Gasteiger charge is -2.38. The molecule has 6 heteroatoms. The molecule has 0 atom stereocenters. The Balaban J connectivity index is 1.88. The number of benzene rings is 1. The molecule has 122 valence electrons. The highest BCUT2D eigenvalue weighted by Gasteiger charge is 2.31. The van der Waals surface area contributed by atoms with Gasteiger partial charge in [-0.2, -0.15) is 0 Å². The van der Waals surface area contributed by atoms with Gasteiger partial charge >= 0.3 is 6.03 Å². The van der Waals surface area contributed by atoms with Gasteiger partial charge in [0, 0.05) is 32.3 Å². The van der Waals surface area contributed by atoms with Crippen molar-refractivity contribution in [2.75, 3.05) is 27.3 Å². The Hall–Kier alpha value is -1.82. The third kappa shape index (κ3) is 3.88. The van der Waals surface area contributed by atoms with Crippen LogP contribution in [-0.2, 0) is 11.3 Å². The van der Waals surface area contributed by atoms with Crippen LogP contribution in [0.2, 0.25) is 0 Å². The summed E-state index contributed by atoms with van der Waals surface area (Å²) in [6.45, 7) is 3.46. The van der Waals surface area contributed by atoms with E-state index < -0.39 is 0 Å². The minimum Gasteiger partial charge on any atom is -0.497 e. The van der Waals surface area contributed by atoms with Gasteiger partial charge in [0.05, 0.1) is 12.7 Å². The lowest BCUT2D eigenvalue weighted by Crippen LogP contribution is -2.49. The molecule has 1 heterocycles. The minimum atomic E-state index is -0.355. The number of hydrogen-bond acceptors (Lipinski definition) is 3. The fourth-order valence-electron chi connectivity index (χ4n) is 2.48. The van der Waals surface area contributed by atoms with Crippen LogP contribution in [-0.4, -0.2) is 43.8 Å². The number of amides is 2. The van der Waals surface area contributed by atoms with Crippen molar-refractivity contribution in [3.05, 3.63) is 29.6 Å². The molecule has 5 nitrogen and oxygen atoms in total. The van der Waals surface area contributed by atoms with E-state index in [0.717, 1.165) is 12.8 Å². The van der Waals surface area contributed by atoms with Gasteiger partial charge < -0.3 is 19.7 Å². The fourth-order valence-corrected chi connectivity index (χ4v) is 2.48. The summed E-state index contributed by atoms with van der Waals surface area (Å²) in [7, 11) is 3.22. The Bertz CT molecular complexity index is 528. The zero-order chi connectivity index (χ0) is 16.2. The highest BCUT2D eigenvalue weighted by molar-refractivity contribution is 5.74. The number of ether oxygens (including phenoxy) is 2. The van der Waals surface area contributed by atoms with E-state index in [1.165, 1.54) is 13.2 Å². The highest BCUT2D eigenvalue weighted by atomic mass is 19.1. The molecule has 0 radical (unpaired) electrons. The molecule has 1 aromatic rings. The molecule has 0 aliphatic carbocycles. The first-order valence-corrected chi connectivity index (χ1v) is 7.38. The number of piperidine rings is 1. The highest BCUT2D eigenvalue weighted by Crippen LogP contribution is 2.25. The average molecular weight is 310 g/mol. The lowest BCUT2D eigenvalue weighted by atomic mass is 9.93. The van der Waals surface area contributed by atoms with E-state index >= 15 is 0 Å². The predicted molar refractivity (Wildman–Crippen MR) is 81.4 cm³/mol. The maximum absolute atomic E-state index is 13.7. The topological polar surface area (TPSA) is 50.8 Å². The van der Waals surface area contributed by atoms with Crippen LogP contribution in [0.15, 0.2) is 18.2 Å². The first kappa shape index (κ1) is 16.5. The number of halogens is 1. The Labute approximate surface area is 130 Å². The summed E-state index contributed by atoms with van der Waals surface area (Å²) < 4.78 is 24.2. The molecule has 0 unspecified atom stereocenters. The first-order chi connectivity index (χ1) is 10.5. The van der Waals surface area contributed by atoms with Crippen molar-refractivity contribution in [2.45, 2.75) is 31.9 Å². The van der Waals surface area contributed by atoms with Crippen molar-refractivity contribution in [1.29, 1.82) is 0 Å². The number of nitrogens with one attached hydrogen (secondary N) is 1. The van der Waals surface area contributed by atoms with Gasteiger partial charge in [-0.1, -0.05) is 0 Å². The molecule has 0 spiro atoms. The Morgan fingerprint density at radius 2 is 2.05 bits per heavy atom. The smallest absolute Gasteiger partial charge is 0.317 e. The molecule has 0 bridgehead atoms. The normalized spacial score (nSPS) is 17.2. The van der Waals surface area contributed by atoms with Crippen LogP contribution in [0.1, 0.15) is 25.3 Å². The number of methoxy groups -OCH3 is 2. The molecule has 1 saturated heterocycles. The number of nitrogens with zero attached hydrogens (tertiary/aromatic N) is 1. The quantitative estimate of drug-likeness (QED) is 0.930. The minimum absolute atomic E-state index is 0.139. The van der Waals surface area contributed by atoms with Crippen LogP contribution in [0.25, 0.3) is 0 Å². The maximum Gasteiger partial charge on any atom is 0.317 e. The van der Waals surface area contributed by atoms with Crippen LogP contribution in [0.5, 0.6) is 5.75 Å². The second-order valence-corrected chi connectivity index (χ2v) is 5.76. The van der Waals surface area contributed by atoms with Crippen molar-refractivity contribution in [3.63, 3.8) is 0 Å². The molecular weight excluding hydrogens is 287 g/mol. The second-order valence-electron chi connectivity index (χ2n) is 5.76. The largest absolute Gasteiger partial charge is 0.497 e. The van der Waals surface area contributed by atoms with Gasteiger partial charge in [0.2, 0.25) is 0 Å². The first-order valence-electron chi connectivity index (χ1n) is 7.38. The van der Waals surface area contributed by atoms with Crippen LogP contribution >= 0.6 is 0 Å². The second kappa shape index (κ2) is 6.96. The molecule has 2 rings (SSSR count). The van der Waals surface area contributed by atoms with E-state index in [4.69, 9.17) is 9.47 Å². The van der Waals surface area contributed by atoms with Gasteiger partial charge in [0.25, 0.3) is 0 Å². The molecule has 1 aliphatic rings. The van der Waals surface area contributed by atoms with Crippen LogP contribution < -0.4 is 10.1 Å². The zero-order valence-electron chi connectivity index (χ0n) is 13.3. The summed E-state index contributed by atoms with van der Waals surface area (Å²) in [6.07, 6.45) is 1.59. The molecule has 22 heavy (non-hydrogen) atoms. The summed E-state index contributed by atoms with van der Waals surface area (Å²) >= 11 is 0. The standard InChI is InChI=1S/C16H23FN2O3/c1-16(22-3)6-8-19(9-7-16)15(20)18-11-12-10-13(21-2)4-5-14(12)17/h4-5,10H,6-9,11H2,1-3H3,(H,18,20). The molecule has 0 saturated carbocycles. The molecule has 1 fully saturated rings. The van der Waals surface area contributed by atoms with Crippen molar-refractivity contribution >= 4 is 6.03 Å². The van der Waals surface area contributed by atoms with Crippen LogP contribution in [0.3, 0.4) is 0 Å². The van der Waals surface area contributed by atoms with Crippen molar-refractivity contribution in [2.24, 2.45) is 0 Å². The summed E-state index contributed by atoms with van der Waals surface area (Å²) in [5.74, 6) is 0.214. The Morgan fingerprint density at radius 1 is 1.36 bits per heavy atom. The van der Waals surface area contributed by atoms with E-state index in [-0.39, 0.29) is 24.0 Å². The van der Waals surface area contributed by atoms with Gasteiger partial charge in [0.1, 0.15) is 11.6 Å². The summed E-state index contributed by atoms with van der Waals surface area (Å²) in [6, 6.07) is 4.30. The van der Waals surface area contributed by atoms with Gasteiger partial charge in [0.15, 0.2) is 0 Å². The number of hydrogen-bond donors (Lipinski definition) is 1. The van der Waals surface area contributed by atoms with Crippen molar-refractivity contribution < 1.29 is 18.7 Å². The van der Waals surface area contributed by atoms with Gasteiger partial charge in [-0.3, -0.25) is 0 Å². The van der Waals surface area contributed by atoms with E-state index in [2.05, 4.69) is 5.32 Å². The monoisotopic (exact) mass is 310 g/mol. The fraction of sp³-hybridized carbons (Fsp3) is 0.562. The van der Waals surface area contributed by atoms with Gasteiger partial charge in [-0.05, 0) is 38.0 Å². The van der Waals surface area contributed by atoms with E-state index in [1.807, 2.05) is 6.92 Å². The van der Waals surface area contributed by atoms with E-state index in [1.54, 1.807) is 24.1 Å². The number of carbonyl (C=O) groups excluding carboxylic acids is 1. The average Bonchev–Trinajstić information content (AvgIpc) is 2.54. The third-order valence-electron chi connectivity index (χ3n) is 4.28. The van der Waals surface area contributed by atoms with Crippen molar-refractivity contribution in [1.82, 2.24) is 10.2 Å². The number of likely N-dealkylation sites (tertiary alicyclic amines) is 1. The predicted octanol–water partition coefficient (Wildman–Crippen LogP) is 2.54. The molecule has 2 amide bonds. The van der Waals surface area contributed by atoms with E-state index in [0.29, 0.717) is 24.4 Å². The van der Waals surface area contributed by atoms with Crippen LogP contribution in [0.4, 0.5) is 9.18 Å². The molecule has 1 aliphatic heterocycles. The molecule has 0 aromatic heterocycles. The molecule has 1 aromatic carbocycles. The summed E-state index contributed by atoms with van der Waals surface area (Å²) in [5.41, 5.74) is 0.252. The van der Waals surface area contributed by atoms with Crippen LogP contribution in [0, 0.1) is 5.82 Å². The number of rotatable bonds is 4. The Morgan fingerprint density at radius 3 is 2.64 bits per heavy atom. The number of carbonyl (C=O) groups is 1. The van der Waals surface area contributed by atoms with Gasteiger partial charge in [-0.25, -0.2) is 9.18 Å². The Kier molecular flexibility index (Phi) is 5.24. The molecular formula is C16H23FN2O3. The van der Waals surface area contributed by atoms with Crippen molar-refractivity contribution in [3.8, 4) is 5.75 Å². The summed E-state index contributed by atoms with van der Waals surface area (Å²) in [5, 5.41) is 2.76. The third-order valence-corrected chi connectivity index (χ3v) is 4.28.